The third-order valence-electron chi connectivity index (χ3n) is 4.21. The van der Waals surface area contributed by atoms with Crippen LogP contribution in [0.2, 0.25) is 0 Å². The Balaban J connectivity index is 1.69. The smallest absolute Gasteiger partial charge is 0.137 e. The number of hydrogen-bond acceptors (Lipinski definition) is 5. The molecule has 4 rings (SSSR count). The molecular weight excluding hydrogens is 312 g/mol. The van der Waals surface area contributed by atoms with Crippen molar-refractivity contribution in [3.8, 4) is 17.3 Å². The minimum Gasteiger partial charge on any atom is -0.323 e. The number of hydrazone groups is 1. The molecule has 1 aliphatic carbocycles. The van der Waals surface area contributed by atoms with E-state index < -0.39 is 0 Å². The highest BCUT2D eigenvalue weighted by Gasteiger charge is 2.19. The van der Waals surface area contributed by atoms with Gasteiger partial charge in [0.05, 0.1) is 29.6 Å². The highest BCUT2D eigenvalue weighted by molar-refractivity contribution is 6.38. The van der Waals surface area contributed by atoms with E-state index in [1.807, 2.05) is 41.1 Å². The van der Waals surface area contributed by atoms with Gasteiger partial charge in [0.25, 0.3) is 0 Å². The third-order valence-corrected chi connectivity index (χ3v) is 4.21. The van der Waals surface area contributed by atoms with Crippen LogP contribution in [0.5, 0.6) is 0 Å². The molecule has 3 aromatic rings. The van der Waals surface area contributed by atoms with Gasteiger partial charge in [0.1, 0.15) is 11.4 Å². The molecule has 25 heavy (non-hydrogen) atoms. The van der Waals surface area contributed by atoms with Gasteiger partial charge in [-0.3, -0.25) is 9.39 Å². The number of rotatable bonds is 4. The summed E-state index contributed by atoms with van der Waals surface area (Å²) in [5.74, 6) is 5.52. The van der Waals surface area contributed by atoms with Crippen molar-refractivity contribution >= 4 is 17.6 Å². The van der Waals surface area contributed by atoms with Crippen LogP contribution in [-0.4, -0.2) is 27.4 Å². The van der Waals surface area contributed by atoms with E-state index in [2.05, 4.69) is 21.1 Å². The van der Waals surface area contributed by atoms with Gasteiger partial charge in [0.15, 0.2) is 0 Å². The van der Waals surface area contributed by atoms with Crippen LogP contribution in [-0.2, 0) is 0 Å². The number of nitrogens with two attached hydrogens (primary N) is 1. The molecule has 0 radical (unpaired) electrons. The third kappa shape index (κ3) is 3.00. The summed E-state index contributed by atoms with van der Waals surface area (Å²) in [6.45, 7) is 0. The Bertz CT molecular complexity index is 1020. The van der Waals surface area contributed by atoms with Crippen molar-refractivity contribution in [1.29, 1.82) is 5.26 Å². The van der Waals surface area contributed by atoms with E-state index in [9.17, 15) is 0 Å². The van der Waals surface area contributed by atoms with Crippen LogP contribution < -0.4 is 5.84 Å². The van der Waals surface area contributed by atoms with Crippen LogP contribution in [0.1, 0.15) is 24.0 Å². The minimum absolute atomic E-state index is 0.426. The Kier molecular flexibility index (Phi) is 3.75. The van der Waals surface area contributed by atoms with Gasteiger partial charge < -0.3 is 5.84 Å². The Morgan fingerprint density at radius 3 is 2.76 bits per heavy atom. The van der Waals surface area contributed by atoms with Gasteiger partial charge in [0.2, 0.25) is 0 Å². The lowest BCUT2D eigenvalue weighted by molar-refractivity contribution is 1.08. The largest absolute Gasteiger partial charge is 0.323 e. The zero-order valence-electron chi connectivity index (χ0n) is 13.5. The molecule has 2 N–H and O–H groups in total. The number of pyridine rings is 1. The van der Waals surface area contributed by atoms with Gasteiger partial charge in [-0.05, 0) is 37.1 Å². The normalized spacial score (nSPS) is 14.9. The molecule has 6 heteroatoms. The van der Waals surface area contributed by atoms with E-state index in [-0.39, 0.29) is 0 Å². The predicted molar refractivity (Wildman–Crippen MR) is 97.6 cm³/mol. The molecule has 0 spiro atoms. The number of nitriles is 1. The maximum absolute atomic E-state index is 8.92. The predicted octanol–water partition coefficient (Wildman–Crippen LogP) is 2.77. The summed E-state index contributed by atoms with van der Waals surface area (Å²) in [7, 11) is 0. The molecule has 0 unspecified atom stereocenters. The number of aromatic nitrogens is 2. The highest BCUT2D eigenvalue weighted by Crippen LogP contribution is 2.24. The lowest BCUT2D eigenvalue weighted by Gasteiger charge is -2.04. The molecule has 1 saturated carbocycles. The fourth-order valence-corrected chi connectivity index (χ4v) is 2.65. The number of nitrogens with zero attached hydrogens (tertiary/aromatic N) is 5. The lowest BCUT2D eigenvalue weighted by atomic mass is 10.1. The molecule has 6 nitrogen and oxygen atoms in total. The van der Waals surface area contributed by atoms with Crippen LogP contribution in [0.15, 0.2) is 58.9 Å². The van der Waals surface area contributed by atoms with Crippen LogP contribution in [0.25, 0.3) is 16.9 Å². The first-order valence-corrected chi connectivity index (χ1v) is 8.07. The molecular formula is C19H16N6. The van der Waals surface area contributed by atoms with Crippen molar-refractivity contribution in [2.45, 2.75) is 18.9 Å². The van der Waals surface area contributed by atoms with Crippen LogP contribution in [0, 0.1) is 11.3 Å². The van der Waals surface area contributed by atoms with E-state index in [0.29, 0.717) is 17.3 Å². The molecule has 0 saturated heterocycles. The number of aliphatic imine (C=N–C) groups is 1. The number of hydrogen-bond donors (Lipinski definition) is 1. The second kappa shape index (κ2) is 6.21. The maximum Gasteiger partial charge on any atom is 0.137 e. The van der Waals surface area contributed by atoms with Gasteiger partial charge in [-0.15, -0.1) is 0 Å². The van der Waals surface area contributed by atoms with Crippen LogP contribution >= 0.6 is 0 Å². The van der Waals surface area contributed by atoms with E-state index in [4.69, 9.17) is 11.1 Å². The average Bonchev–Trinajstić information content (AvgIpc) is 3.39. The minimum atomic E-state index is 0.426. The quantitative estimate of drug-likeness (QED) is 0.453. The zero-order chi connectivity index (χ0) is 17.2. The van der Waals surface area contributed by atoms with E-state index in [1.165, 1.54) is 0 Å². The molecule has 1 aromatic carbocycles. The summed E-state index contributed by atoms with van der Waals surface area (Å²) in [5, 5.41) is 12.8. The van der Waals surface area contributed by atoms with Gasteiger partial charge in [-0.2, -0.15) is 10.4 Å². The first-order valence-electron chi connectivity index (χ1n) is 8.07. The van der Waals surface area contributed by atoms with Crippen LogP contribution in [0.4, 0.5) is 0 Å². The summed E-state index contributed by atoms with van der Waals surface area (Å²) in [6.07, 6.45) is 7.79. The summed E-state index contributed by atoms with van der Waals surface area (Å²) in [5.41, 5.74) is 4.94. The van der Waals surface area contributed by atoms with Gasteiger partial charge in [-0.25, -0.2) is 4.98 Å². The van der Waals surface area contributed by atoms with Gasteiger partial charge in [-0.1, -0.05) is 12.1 Å². The summed E-state index contributed by atoms with van der Waals surface area (Å²) >= 11 is 0. The van der Waals surface area contributed by atoms with E-state index in [1.54, 1.807) is 18.3 Å². The molecule has 122 valence electrons. The summed E-state index contributed by atoms with van der Waals surface area (Å²) < 4.78 is 2.00. The fraction of sp³-hybridized carbons (Fsp3) is 0.158. The van der Waals surface area contributed by atoms with Crippen molar-refractivity contribution in [3.05, 3.63) is 59.9 Å². The van der Waals surface area contributed by atoms with Crippen molar-refractivity contribution in [1.82, 2.24) is 9.38 Å². The van der Waals surface area contributed by atoms with Crippen molar-refractivity contribution in [2.24, 2.45) is 15.9 Å². The number of imidazole rings is 1. The van der Waals surface area contributed by atoms with Gasteiger partial charge >= 0.3 is 0 Å². The number of fused-ring (bicyclic) bond motifs is 1. The zero-order valence-corrected chi connectivity index (χ0v) is 13.5. The molecule has 1 fully saturated rings. The molecule has 2 aromatic heterocycles. The summed E-state index contributed by atoms with van der Waals surface area (Å²) in [6, 6.07) is 13.9. The molecule has 0 bridgehead atoms. The highest BCUT2D eigenvalue weighted by atomic mass is 15.1. The van der Waals surface area contributed by atoms with Crippen LogP contribution in [0.3, 0.4) is 0 Å². The van der Waals surface area contributed by atoms with Crippen molar-refractivity contribution in [3.63, 3.8) is 0 Å². The van der Waals surface area contributed by atoms with E-state index >= 15 is 0 Å². The topological polar surface area (TPSA) is 91.8 Å². The lowest BCUT2D eigenvalue weighted by Crippen LogP contribution is -2.07. The van der Waals surface area contributed by atoms with Gasteiger partial charge in [0, 0.05) is 23.5 Å². The number of benzene rings is 1. The standard InChI is InChI=1S/C19H16N6/c20-10-13-1-3-14(4-2-13)18-12-23-19-9-15(7-8-25(18)19)17(24-21)11-22-16-5-6-16/h1-4,7-9,11-12,16H,5-6,21H2/b22-11?,24-17+. The maximum atomic E-state index is 8.92. The first-order chi connectivity index (χ1) is 12.3. The van der Waals surface area contributed by atoms with E-state index in [0.717, 1.165) is 35.3 Å². The first kappa shape index (κ1) is 15.1. The Morgan fingerprint density at radius 1 is 1.28 bits per heavy atom. The second-order valence-corrected chi connectivity index (χ2v) is 6.00. The second-order valence-electron chi connectivity index (χ2n) is 6.00. The summed E-state index contributed by atoms with van der Waals surface area (Å²) in [4.78, 5) is 8.92. The fourth-order valence-electron chi connectivity index (χ4n) is 2.65. The average molecular weight is 328 g/mol. The molecule has 0 atom stereocenters. The molecule has 1 aliphatic rings. The molecule has 0 amide bonds. The Hall–Kier alpha value is -3.46. The Morgan fingerprint density at radius 2 is 2.08 bits per heavy atom. The SMILES string of the molecule is N#Cc1ccc(-c2cnc3cc(/C(C=NC4CC4)=N/N)ccn23)cc1. The molecule has 2 heterocycles. The van der Waals surface area contributed by atoms with Crippen molar-refractivity contribution in [2.75, 3.05) is 0 Å². The molecule has 0 aliphatic heterocycles. The Labute approximate surface area is 145 Å². The monoisotopic (exact) mass is 328 g/mol. The van der Waals surface area contributed by atoms with Crippen molar-refractivity contribution < 1.29 is 0 Å².